The second-order valence-corrected chi connectivity index (χ2v) is 4.81. The van der Waals surface area contributed by atoms with Gasteiger partial charge in [-0.3, -0.25) is 10.1 Å². The zero-order chi connectivity index (χ0) is 15.2. The fraction of sp³-hybridized carbons (Fsp3) is 0.500. The smallest absolute Gasteiger partial charge is 0.344 e. The maximum absolute atomic E-state index is 11.2. The zero-order valence-electron chi connectivity index (χ0n) is 11.8. The second-order valence-electron chi connectivity index (χ2n) is 4.81. The maximum atomic E-state index is 11.2. The number of nitrogens with one attached hydrogen (secondary N) is 1. The van der Waals surface area contributed by atoms with Gasteiger partial charge in [0.25, 0.3) is 0 Å². The molecule has 1 aliphatic carbocycles. The Balaban J connectivity index is 2.01. The summed E-state index contributed by atoms with van der Waals surface area (Å²) in [6.45, 7) is 2.18. The predicted molar refractivity (Wildman–Crippen MR) is 75.1 cm³/mol. The van der Waals surface area contributed by atoms with E-state index in [2.05, 4.69) is 5.32 Å². The third kappa shape index (κ3) is 4.71. The van der Waals surface area contributed by atoms with Crippen LogP contribution in [-0.4, -0.2) is 30.1 Å². The van der Waals surface area contributed by atoms with Crippen LogP contribution in [0.25, 0.3) is 0 Å². The number of rotatable bonds is 8. The lowest BCUT2D eigenvalue weighted by atomic mass is 10.2. The van der Waals surface area contributed by atoms with Crippen LogP contribution in [0.15, 0.2) is 18.2 Å². The summed E-state index contributed by atoms with van der Waals surface area (Å²) in [6.07, 6.45) is 2.31. The minimum Gasteiger partial charge on any atom is -0.475 e. The summed E-state index contributed by atoms with van der Waals surface area (Å²) >= 11 is 0. The summed E-state index contributed by atoms with van der Waals surface area (Å²) in [7, 11) is 0. The van der Waals surface area contributed by atoms with Gasteiger partial charge in [0.15, 0.2) is 12.4 Å². The Morgan fingerprint density at radius 1 is 1.48 bits per heavy atom. The number of nitro benzene ring substituents is 1. The zero-order valence-corrected chi connectivity index (χ0v) is 11.8. The molecule has 21 heavy (non-hydrogen) atoms. The van der Waals surface area contributed by atoms with Crippen LogP contribution in [-0.2, 0) is 16.1 Å². The summed E-state index contributed by atoms with van der Waals surface area (Å²) in [5.74, 6) is -0.477. The van der Waals surface area contributed by atoms with E-state index in [0.717, 1.165) is 18.4 Å². The van der Waals surface area contributed by atoms with Crippen LogP contribution >= 0.6 is 0 Å². The van der Waals surface area contributed by atoms with Gasteiger partial charge in [0.2, 0.25) is 0 Å². The number of benzene rings is 1. The molecule has 1 aromatic carbocycles. The third-order valence-corrected chi connectivity index (χ3v) is 3.04. The van der Waals surface area contributed by atoms with Crippen molar-refractivity contribution in [2.75, 3.05) is 13.2 Å². The van der Waals surface area contributed by atoms with Crippen LogP contribution in [0.5, 0.6) is 5.75 Å². The van der Waals surface area contributed by atoms with Crippen molar-refractivity contribution in [3.8, 4) is 5.75 Å². The number of hydrogen-bond donors (Lipinski definition) is 1. The van der Waals surface area contributed by atoms with Gasteiger partial charge in [0.05, 0.1) is 11.5 Å². The van der Waals surface area contributed by atoms with Gasteiger partial charge in [-0.25, -0.2) is 4.79 Å². The summed E-state index contributed by atoms with van der Waals surface area (Å²) in [4.78, 5) is 21.8. The van der Waals surface area contributed by atoms with Gasteiger partial charge in [-0.2, -0.15) is 0 Å². The molecule has 0 aromatic heterocycles. The molecule has 1 aliphatic rings. The lowest BCUT2D eigenvalue weighted by Crippen LogP contribution is -2.16. The molecule has 1 saturated carbocycles. The Bertz CT molecular complexity index is 528. The van der Waals surface area contributed by atoms with Gasteiger partial charge >= 0.3 is 11.7 Å². The molecule has 0 spiro atoms. The number of nitrogens with zero attached hydrogens (tertiary/aromatic N) is 1. The molecular weight excluding hydrogens is 276 g/mol. The highest BCUT2D eigenvalue weighted by Gasteiger charge is 2.21. The molecule has 0 saturated heterocycles. The van der Waals surface area contributed by atoms with Gasteiger partial charge < -0.3 is 14.8 Å². The van der Waals surface area contributed by atoms with Crippen molar-refractivity contribution in [1.82, 2.24) is 5.32 Å². The molecule has 1 N–H and O–H groups in total. The molecule has 114 valence electrons. The largest absolute Gasteiger partial charge is 0.475 e. The van der Waals surface area contributed by atoms with E-state index in [9.17, 15) is 14.9 Å². The van der Waals surface area contributed by atoms with E-state index >= 15 is 0 Å². The average Bonchev–Trinajstić information content (AvgIpc) is 3.27. The van der Waals surface area contributed by atoms with Gasteiger partial charge in [-0.1, -0.05) is 6.07 Å². The Morgan fingerprint density at radius 3 is 2.86 bits per heavy atom. The van der Waals surface area contributed by atoms with Gasteiger partial charge in [0, 0.05) is 18.7 Å². The summed E-state index contributed by atoms with van der Waals surface area (Å²) in [6, 6.07) is 5.27. The standard InChI is InChI=1S/C14H18N2O5/c1-2-20-14(17)9-21-13-6-3-10(7-12(13)16(18)19)8-15-11-4-5-11/h3,6-7,11,15H,2,4-5,8-9H2,1H3. The van der Waals surface area contributed by atoms with Crippen molar-refractivity contribution in [3.63, 3.8) is 0 Å². The van der Waals surface area contributed by atoms with E-state index in [4.69, 9.17) is 9.47 Å². The molecule has 0 aliphatic heterocycles. The number of esters is 1. The van der Waals surface area contributed by atoms with Crippen molar-refractivity contribution >= 4 is 11.7 Å². The number of hydrogen-bond acceptors (Lipinski definition) is 6. The van der Waals surface area contributed by atoms with Crippen LogP contribution in [0.1, 0.15) is 25.3 Å². The van der Waals surface area contributed by atoms with E-state index in [1.807, 2.05) is 0 Å². The van der Waals surface area contributed by atoms with Crippen LogP contribution in [0.4, 0.5) is 5.69 Å². The summed E-state index contributed by atoms with van der Waals surface area (Å²) in [5, 5.41) is 14.4. The molecule has 0 bridgehead atoms. The molecular formula is C14H18N2O5. The highest BCUT2D eigenvalue weighted by atomic mass is 16.6. The van der Waals surface area contributed by atoms with E-state index in [-0.39, 0.29) is 24.7 Å². The van der Waals surface area contributed by atoms with Crippen LogP contribution < -0.4 is 10.1 Å². The molecule has 1 aromatic rings. The number of carbonyl (C=O) groups is 1. The van der Waals surface area contributed by atoms with E-state index in [0.29, 0.717) is 12.6 Å². The molecule has 7 heteroatoms. The molecule has 0 heterocycles. The summed E-state index contributed by atoms with van der Waals surface area (Å²) < 4.78 is 9.88. The Kier molecular flexibility index (Phi) is 5.10. The normalized spacial score (nSPS) is 13.8. The first-order valence-electron chi connectivity index (χ1n) is 6.89. The predicted octanol–water partition coefficient (Wildman–Crippen LogP) is 1.79. The monoisotopic (exact) mass is 294 g/mol. The van der Waals surface area contributed by atoms with Gasteiger partial charge in [-0.15, -0.1) is 0 Å². The Hall–Kier alpha value is -2.15. The Morgan fingerprint density at radius 2 is 2.24 bits per heavy atom. The number of carbonyl (C=O) groups excluding carboxylic acids is 1. The molecule has 0 amide bonds. The van der Waals surface area contributed by atoms with Gasteiger partial charge in [-0.05, 0) is 31.4 Å². The third-order valence-electron chi connectivity index (χ3n) is 3.04. The minimum atomic E-state index is -0.550. The molecule has 2 rings (SSSR count). The van der Waals surface area contributed by atoms with Crippen molar-refractivity contribution < 1.29 is 19.2 Å². The fourth-order valence-electron chi connectivity index (χ4n) is 1.83. The van der Waals surface area contributed by atoms with Crippen molar-refractivity contribution in [2.45, 2.75) is 32.4 Å². The molecule has 7 nitrogen and oxygen atoms in total. The lowest BCUT2D eigenvalue weighted by Gasteiger charge is -2.08. The highest BCUT2D eigenvalue weighted by molar-refractivity contribution is 5.71. The molecule has 0 atom stereocenters. The summed E-state index contributed by atoms with van der Waals surface area (Å²) in [5.41, 5.74) is 0.673. The first kappa shape index (κ1) is 15.2. The van der Waals surface area contributed by atoms with Crippen LogP contribution in [0.3, 0.4) is 0 Å². The van der Waals surface area contributed by atoms with Crippen molar-refractivity contribution in [3.05, 3.63) is 33.9 Å². The Labute approximate surface area is 122 Å². The molecule has 1 fully saturated rings. The van der Waals surface area contributed by atoms with Crippen LogP contribution in [0, 0.1) is 10.1 Å². The number of ether oxygens (including phenoxy) is 2. The topological polar surface area (TPSA) is 90.7 Å². The molecule has 0 unspecified atom stereocenters. The van der Waals surface area contributed by atoms with Crippen molar-refractivity contribution in [2.24, 2.45) is 0 Å². The SMILES string of the molecule is CCOC(=O)COc1ccc(CNC2CC2)cc1[N+](=O)[O-]. The fourth-order valence-corrected chi connectivity index (χ4v) is 1.83. The first-order valence-corrected chi connectivity index (χ1v) is 6.89. The van der Waals surface area contributed by atoms with Crippen molar-refractivity contribution in [1.29, 1.82) is 0 Å². The van der Waals surface area contributed by atoms with E-state index < -0.39 is 10.9 Å². The lowest BCUT2D eigenvalue weighted by molar-refractivity contribution is -0.385. The minimum absolute atomic E-state index is 0.0724. The number of nitro groups is 1. The maximum Gasteiger partial charge on any atom is 0.344 e. The van der Waals surface area contributed by atoms with E-state index in [1.54, 1.807) is 13.0 Å². The average molecular weight is 294 g/mol. The second kappa shape index (κ2) is 7.03. The molecule has 0 radical (unpaired) electrons. The van der Waals surface area contributed by atoms with E-state index in [1.165, 1.54) is 12.1 Å². The van der Waals surface area contributed by atoms with Crippen LogP contribution in [0.2, 0.25) is 0 Å². The quantitative estimate of drug-likeness (QED) is 0.446. The highest BCUT2D eigenvalue weighted by Crippen LogP contribution is 2.28. The van der Waals surface area contributed by atoms with Gasteiger partial charge in [0.1, 0.15) is 0 Å². The first-order chi connectivity index (χ1) is 10.1.